The monoisotopic (exact) mass is 233 g/mol. The van der Waals surface area contributed by atoms with Gasteiger partial charge < -0.3 is 10.5 Å². The molecule has 2 nitrogen and oxygen atoms in total. The van der Waals surface area contributed by atoms with Crippen LogP contribution in [0.15, 0.2) is 41.8 Å². The van der Waals surface area contributed by atoms with Gasteiger partial charge in [0.1, 0.15) is 11.9 Å². The van der Waals surface area contributed by atoms with Gasteiger partial charge in [-0.15, -0.1) is 11.3 Å². The topological polar surface area (TPSA) is 35.2 Å². The Morgan fingerprint density at radius 2 is 2.00 bits per heavy atom. The Balaban J connectivity index is 2.03. The fourth-order valence-electron chi connectivity index (χ4n) is 1.49. The van der Waals surface area contributed by atoms with E-state index in [4.69, 9.17) is 10.5 Å². The molecule has 0 aliphatic rings. The van der Waals surface area contributed by atoms with Gasteiger partial charge in [-0.2, -0.15) is 0 Å². The van der Waals surface area contributed by atoms with Crippen molar-refractivity contribution in [1.29, 1.82) is 0 Å². The van der Waals surface area contributed by atoms with Crippen molar-refractivity contribution < 1.29 is 4.74 Å². The third kappa shape index (κ3) is 2.62. The minimum absolute atomic E-state index is 0.101. The Hall–Kier alpha value is -1.32. The molecule has 0 amide bonds. The van der Waals surface area contributed by atoms with Gasteiger partial charge in [-0.25, -0.2) is 0 Å². The van der Waals surface area contributed by atoms with Gasteiger partial charge in [0, 0.05) is 11.4 Å². The molecule has 0 fully saturated rings. The first-order valence-electron chi connectivity index (χ1n) is 5.28. The van der Waals surface area contributed by atoms with Crippen molar-refractivity contribution in [1.82, 2.24) is 0 Å². The Morgan fingerprint density at radius 1 is 1.25 bits per heavy atom. The molecule has 1 aromatic heterocycles. The van der Waals surface area contributed by atoms with Crippen molar-refractivity contribution in [3.8, 4) is 5.75 Å². The summed E-state index contributed by atoms with van der Waals surface area (Å²) in [6, 6.07) is 12.0. The van der Waals surface area contributed by atoms with Crippen molar-refractivity contribution in [2.75, 3.05) is 0 Å². The van der Waals surface area contributed by atoms with Crippen LogP contribution in [0.4, 0.5) is 0 Å². The van der Waals surface area contributed by atoms with E-state index in [-0.39, 0.29) is 6.10 Å². The van der Waals surface area contributed by atoms with E-state index in [9.17, 15) is 0 Å². The average molecular weight is 233 g/mol. The quantitative estimate of drug-likeness (QED) is 0.879. The zero-order chi connectivity index (χ0) is 11.4. The highest BCUT2D eigenvalue weighted by atomic mass is 32.1. The first kappa shape index (κ1) is 11.2. The number of benzene rings is 1. The Kier molecular flexibility index (Phi) is 3.59. The van der Waals surface area contributed by atoms with E-state index in [1.807, 2.05) is 30.3 Å². The number of thiophene rings is 1. The van der Waals surface area contributed by atoms with Gasteiger partial charge in [0.2, 0.25) is 0 Å². The molecule has 0 bridgehead atoms. The number of hydrogen-bond donors (Lipinski definition) is 1. The van der Waals surface area contributed by atoms with Crippen LogP contribution < -0.4 is 10.5 Å². The SMILES string of the molecule is CC(Oc1ccc(CN)cc1)c1cccs1. The normalized spacial score (nSPS) is 12.4. The zero-order valence-corrected chi connectivity index (χ0v) is 10.0. The van der Waals surface area contributed by atoms with Crippen molar-refractivity contribution in [2.24, 2.45) is 5.73 Å². The van der Waals surface area contributed by atoms with Gasteiger partial charge >= 0.3 is 0 Å². The number of rotatable bonds is 4. The Morgan fingerprint density at radius 3 is 2.56 bits per heavy atom. The number of ether oxygens (including phenoxy) is 1. The number of nitrogens with two attached hydrogens (primary N) is 1. The van der Waals surface area contributed by atoms with Gasteiger partial charge in [-0.05, 0) is 36.1 Å². The lowest BCUT2D eigenvalue weighted by atomic mass is 10.2. The molecule has 0 saturated carbocycles. The van der Waals surface area contributed by atoms with E-state index in [0.29, 0.717) is 6.54 Å². The lowest BCUT2D eigenvalue weighted by molar-refractivity contribution is 0.231. The largest absolute Gasteiger partial charge is 0.485 e. The van der Waals surface area contributed by atoms with Gasteiger partial charge in [0.25, 0.3) is 0 Å². The van der Waals surface area contributed by atoms with Crippen molar-refractivity contribution in [3.63, 3.8) is 0 Å². The molecule has 0 saturated heterocycles. The summed E-state index contributed by atoms with van der Waals surface area (Å²) in [5, 5.41) is 2.06. The van der Waals surface area contributed by atoms with Crippen molar-refractivity contribution in [2.45, 2.75) is 19.6 Å². The third-order valence-electron chi connectivity index (χ3n) is 2.42. The lowest BCUT2D eigenvalue weighted by Gasteiger charge is -2.13. The molecule has 1 unspecified atom stereocenters. The second-order valence-electron chi connectivity index (χ2n) is 3.62. The maximum atomic E-state index is 5.83. The third-order valence-corrected chi connectivity index (χ3v) is 3.45. The highest BCUT2D eigenvalue weighted by Gasteiger charge is 2.07. The molecule has 1 aromatic carbocycles. The molecule has 1 atom stereocenters. The summed E-state index contributed by atoms with van der Waals surface area (Å²) in [7, 11) is 0. The van der Waals surface area contributed by atoms with E-state index in [2.05, 4.69) is 18.4 Å². The highest BCUT2D eigenvalue weighted by molar-refractivity contribution is 7.10. The van der Waals surface area contributed by atoms with Crippen LogP contribution in [0.3, 0.4) is 0 Å². The molecular weight excluding hydrogens is 218 g/mol. The highest BCUT2D eigenvalue weighted by Crippen LogP contribution is 2.24. The van der Waals surface area contributed by atoms with Crippen LogP contribution in [-0.2, 0) is 6.54 Å². The average Bonchev–Trinajstić information content (AvgIpc) is 2.83. The van der Waals surface area contributed by atoms with Crippen LogP contribution in [0.1, 0.15) is 23.5 Å². The van der Waals surface area contributed by atoms with Crippen LogP contribution in [0, 0.1) is 0 Å². The number of hydrogen-bond acceptors (Lipinski definition) is 3. The minimum atomic E-state index is 0.101. The van der Waals surface area contributed by atoms with Gasteiger partial charge in [-0.1, -0.05) is 18.2 Å². The fraction of sp³-hybridized carbons (Fsp3) is 0.231. The van der Waals surface area contributed by atoms with Crippen LogP contribution in [0.2, 0.25) is 0 Å². The second-order valence-corrected chi connectivity index (χ2v) is 4.60. The molecule has 0 radical (unpaired) electrons. The fourth-order valence-corrected chi connectivity index (χ4v) is 2.20. The van der Waals surface area contributed by atoms with Crippen molar-refractivity contribution >= 4 is 11.3 Å². The predicted molar refractivity (Wildman–Crippen MR) is 67.7 cm³/mol. The molecule has 0 aliphatic heterocycles. The second kappa shape index (κ2) is 5.14. The first-order valence-corrected chi connectivity index (χ1v) is 6.16. The summed E-state index contributed by atoms with van der Waals surface area (Å²) in [4.78, 5) is 1.24. The minimum Gasteiger partial charge on any atom is -0.485 e. The molecule has 2 aromatic rings. The van der Waals surface area contributed by atoms with E-state index < -0.39 is 0 Å². The lowest BCUT2D eigenvalue weighted by Crippen LogP contribution is -2.01. The molecule has 1 heterocycles. The molecular formula is C13H15NOS. The van der Waals surface area contributed by atoms with Gasteiger partial charge in [0.15, 0.2) is 0 Å². The van der Waals surface area contributed by atoms with Gasteiger partial charge in [0.05, 0.1) is 0 Å². The maximum absolute atomic E-state index is 5.83. The van der Waals surface area contributed by atoms with Crippen molar-refractivity contribution in [3.05, 3.63) is 52.2 Å². The van der Waals surface area contributed by atoms with E-state index >= 15 is 0 Å². The van der Waals surface area contributed by atoms with Crippen LogP contribution >= 0.6 is 11.3 Å². The molecule has 16 heavy (non-hydrogen) atoms. The summed E-state index contributed by atoms with van der Waals surface area (Å²) in [6.45, 7) is 2.63. The molecule has 3 heteroatoms. The zero-order valence-electron chi connectivity index (χ0n) is 9.22. The van der Waals surface area contributed by atoms with Crippen LogP contribution in [0.25, 0.3) is 0 Å². The summed E-state index contributed by atoms with van der Waals surface area (Å²) in [6.07, 6.45) is 0.101. The van der Waals surface area contributed by atoms with Gasteiger partial charge in [-0.3, -0.25) is 0 Å². The van der Waals surface area contributed by atoms with Crippen LogP contribution in [-0.4, -0.2) is 0 Å². The molecule has 2 N–H and O–H groups in total. The Bertz CT molecular complexity index is 422. The molecule has 84 valence electrons. The summed E-state index contributed by atoms with van der Waals surface area (Å²) in [5.41, 5.74) is 6.66. The summed E-state index contributed by atoms with van der Waals surface area (Å²) >= 11 is 1.71. The Labute approximate surface area is 99.7 Å². The van der Waals surface area contributed by atoms with E-state index in [0.717, 1.165) is 11.3 Å². The van der Waals surface area contributed by atoms with E-state index in [1.165, 1.54) is 4.88 Å². The molecule has 0 aliphatic carbocycles. The molecule has 0 spiro atoms. The summed E-state index contributed by atoms with van der Waals surface area (Å²) in [5.74, 6) is 0.887. The maximum Gasteiger partial charge on any atom is 0.130 e. The predicted octanol–water partition coefficient (Wildman–Crippen LogP) is 3.35. The van der Waals surface area contributed by atoms with E-state index in [1.54, 1.807) is 11.3 Å². The standard InChI is InChI=1S/C13H15NOS/c1-10(13-3-2-8-16-13)15-12-6-4-11(9-14)5-7-12/h2-8,10H,9,14H2,1H3. The molecule has 2 rings (SSSR count). The smallest absolute Gasteiger partial charge is 0.130 e. The van der Waals surface area contributed by atoms with Crippen LogP contribution in [0.5, 0.6) is 5.75 Å². The summed E-state index contributed by atoms with van der Waals surface area (Å²) < 4.78 is 5.83. The first-order chi connectivity index (χ1) is 7.79.